The van der Waals surface area contributed by atoms with Gasteiger partial charge in [-0.25, -0.2) is 0 Å². The van der Waals surface area contributed by atoms with Gasteiger partial charge >= 0.3 is 5.97 Å². The minimum absolute atomic E-state index is 0. The summed E-state index contributed by atoms with van der Waals surface area (Å²) in [5.74, 6) is -0.834. The predicted octanol–water partition coefficient (Wildman–Crippen LogP) is 5.71. The van der Waals surface area contributed by atoms with Crippen LogP contribution in [-0.2, 0) is 17.8 Å². The number of carboxylic acid groups (broad SMARTS) is 1. The fraction of sp³-hybridized carbons (Fsp3) is 0.115. The Kier molecular flexibility index (Phi) is 7.23. The summed E-state index contributed by atoms with van der Waals surface area (Å²) >= 11 is 0. The number of hydrogen-bond acceptors (Lipinski definition) is 2. The minimum atomic E-state index is -0.834. The van der Waals surface area contributed by atoms with Crippen molar-refractivity contribution in [2.75, 3.05) is 0 Å². The molecule has 0 unspecified atom stereocenters. The summed E-state index contributed by atoms with van der Waals surface area (Å²) in [4.78, 5) is 11.7. The van der Waals surface area contributed by atoms with E-state index in [0.717, 1.165) is 16.7 Å². The van der Waals surface area contributed by atoms with Gasteiger partial charge in [0.2, 0.25) is 0 Å². The SMILES string of the molecule is Cl.O=C(O)[C@H](Cc1ccc(-c2cccc3ccccc23)cc1)NCc1ccccc1. The molecule has 0 heterocycles. The van der Waals surface area contributed by atoms with E-state index in [2.05, 4.69) is 53.8 Å². The molecule has 0 aromatic heterocycles. The summed E-state index contributed by atoms with van der Waals surface area (Å²) in [5.41, 5.74) is 4.40. The van der Waals surface area contributed by atoms with Crippen molar-refractivity contribution in [3.8, 4) is 11.1 Å². The normalized spacial score (nSPS) is 11.6. The van der Waals surface area contributed by atoms with Crippen LogP contribution in [-0.4, -0.2) is 17.1 Å². The van der Waals surface area contributed by atoms with Gasteiger partial charge in [0.1, 0.15) is 6.04 Å². The molecule has 4 aromatic carbocycles. The Morgan fingerprint density at radius 3 is 2.17 bits per heavy atom. The van der Waals surface area contributed by atoms with Gasteiger partial charge in [-0.2, -0.15) is 0 Å². The molecule has 0 bridgehead atoms. The lowest BCUT2D eigenvalue weighted by Crippen LogP contribution is -2.38. The Balaban J connectivity index is 0.00000256. The molecule has 4 aromatic rings. The van der Waals surface area contributed by atoms with Crippen LogP contribution < -0.4 is 5.32 Å². The van der Waals surface area contributed by atoms with Crippen molar-refractivity contribution in [2.45, 2.75) is 19.0 Å². The fourth-order valence-corrected chi connectivity index (χ4v) is 3.62. The molecule has 4 heteroatoms. The molecule has 0 spiro atoms. The molecule has 0 radical (unpaired) electrons. The summed E-state index contributed by atoms with van der Waals surface area (Å²) in [6.45, 7) is 0.534. The summed E-state index contributed by atoms with van der Waals surface area (Å²) in [7, 11) is 0. The smallest absolute Gasteiger partial charge is 0.321 e. The van der Waals surface area contributed by atoms with E-state index in [4.69, 9.17) is 0 Å². The van der Waals surface area contributed by atoms with Gasteiger partial charge < -0.3 is 10.4 Å². The van der Waals surface area contributed by atoms with E-state index in [1.54, 1.807) is 0 Å². The van der Waals surface area contributed by atoms with Crippen LogP contribution in [0.2, 0.25) is 0 Å². The van der Waals surface area contributed by atoms with Crippen LogP contribution in [0.5, 0.6) is 0 Å². The van der Waals surface area contributed by atoms with Crippen molar-refractivity contribution in [2.24, 2.45) is 0 Å². The average molecular weight is 418 g/mol. The Morgan fingerprint density at radius 2 is 1.43 bits per heavy atom. The van der Waals surface area contributed by atoms with Crippen LogP contribution in [0.25, 0.3) is 21.9 Å². The molecule has 0 saturated heterocycles. The quantitative estimate of drug-likeness (QED) is 0.404. The second-order valence-corrected chi connectivity index (χ2v) is 7.19. The maximum Gasteiger partial charge on any atom is 0.321 e. The number of aliphatic carboxylic acids is 1. The van der Waals surface area contributed by atoms with Crippen molar-refractivity contribution in [3.63, 3.8) is 0 Å². The predicted molar refractivity (Wildman–Crippen MR) is 125 cm³/mol. The molecule has 0 amide bonds. The zero-order chi connectivity index (χ0) is 20.1. The highest BCUT2D eigenvalue weighted by molar-refractivity contribution is 5.96. The molecule has 152 valence electrons. The number of hydrogen-bond donors (Lipinski definition) is 2. The fourth-order valence-electron chi connectivity index (χ4n) is 3.62. The van der Waals surface area contributed by atoms with E-state index in [0.29, 0.717) is 13.0 Å². The molecule has 1 atom stereocenters. The van der Waals surface area contributed by atoms with Crippen molar-refractivity contribution in [3.05, 3.63) is 108 Å². The van der Waals surface area contributed by atoms with Gasteiger partial charge in [0.25, 0.3) is 0 Å². The molecule has 0 fully saturated rings. The Labute approximate surface area is 182 Å². The summed E-state index contributed by atoms with van der Waals surface area (Å²) < 4.78 is 0. The first-order valence-electron chi connectivity index (χ1n) is 9.78. The summed E-state index contributed by atoms with van der Waals surface area (Å²) in [6.07, 6.45) is 0.442. The van der Waals surface area contributed by atoms with Crippen molar-refractivity contribution in [1.29, 1.82) is 0 Å². The lowest BCUT2D eigenvalue weighted by molar-refractivity contribution is -0.139. The van der Waals surface area contributed by atoms with E-state index in [1.165, 1.54) is 16.3 Å². The molecular weight excluding hydrogens is 394 g/mol. The number of carboxylic acids is 1. The largest absolute Gasteiger partial charge is 0.480 e. The molecule has 0 aliphatic heterocycles. The van der Waals surface area contributed by atoms with Crippen LogP contribution >= 0.6 is 12.4 Å². The van der Waals surface area contributed by atoms with Gasteiger partial charge in [0.05, 0.1) is 0 Å². The van der Waals surface area contributed by atoms with E-state index in [-0.39, 0.29) is 12.4 Å². The van der Waals surface area contributed by atoms with Gasteiger partial charge in [-0.1, -0.05) is 97.1 Å². The van der Waals surface area contributed by atoms with Crippen molar-refractivity contribution >= 4 is 29.1 Å². The second kappa shape index (κ2) is 10.1. The Hall–Kier alpha value is -3.14. The first-order valence-corrected chi connectivity index (χ1v) is 9.78. The standard InChI is InChI=1S/C26H23NO2.ClH/c28-26(29)25(27-18-20-7-2-1-3-8-20)17-19-13-15-22(16-14-19)24-12-6-10-21-9-4-5-11-23(21)24;/h1-16,25,27H,17-18H2,(H,28,29);1H/t25-;/m0./s1. The molecular formula is C26H24ClNO2. The molecule has 0 saturated carbocycles. The van der Waals surface area contributed by atoms with Gasteiger partial charge in [0, 0.05) is 6.54 Å². The topological polar surface area (TPSA) is 49.3 Å². The lowest BCUT2D eigenvalue weighted by Gasteiger charge is -2.15. The highest BCUT2D eigenvalue weighted by Crippen LogP contribution is 2.28. The number of halogens is 1. The Morgan fingerprint density at radius 1 is 0.767 bits per heavy atom. The number of fused-ring (bicyclic) bond motifs is 1. The molecule has 0 aliphatic rings. The average Bonchev–Trinajstić information content (AvgIpc) is 2.77. The van der Waals surface area contributed by atoms with Crippen molar-refractivity contribution in [1.82, 2.24) is 5.32 Å². The minimum Gasteiger partial charge on any atom is -0.480 e. The first-order chi connectivity index (χ1) is 14.2. The maximum atomic E-state index is 11.7. The van der Waals surface area contributed by atoms with Crippen LogP contribution in [0.4, 0.5) is 0 Å². The number of nitrogens with one attached hydrogen (secondary N) is 1. The van der Waals surface area contributed by atoms with Crippen molar-refractivity contribution < 1.29 is 9.90 Å². The van der Waals surface area contributed by atoms with Crippen LogP contribution in [0.3, 0.4) is 0 Å². The zero-order valence-corrected chi connectivity index (χ0v) is 17.3. The van der Waals surface area contributed by atoms with Crippen LogP contribution in [0.1, 0.15) is 11.1 Å². The van der Waals surface area contributed by atoms with E-state index in [1.807, 2.05) is 48.5 Å². The molecule has 4 rings (SSSR count). The van der Waals surface area contributed by atoms with Gasteiger partial charge in [-0.3, -0.25) is 4.79 Å². The van der Waals surface area contributed by atoms with E-state index >= 15 is 0 Å². The number of rotatable bonds is 7. The third kappa shape index (κ3) is 5.07. The zero-order valence-electron chi connectivity index (χ0n) is 16.5. The highest BCUT2D eigenvalue weighted by atomic mass is 35.5. The number of benzene rings is 4. The van der Waals surface area contributed by atoms with Gasteiger partial charge in [-0.05, 0) is 39.4 Å². The molecule has 0 aliphatic carbocycles. The van der Waals surface area contributed by atoms with Crippen LogP contribution in [0.15, 0.2) is 97.1 Å². The number of carbonyl (C=O) groups is 1. The van der Waals surface area contributed by atoms with E-state index in [9.17, 15) is 9.90 Å². The molecule has 2 N–H and O–H groups in total. The highest BCUT2D eigenvalue weighted by Gasteiger charge is 2.17. The summed E-state index contributed by atoms with van der Waals surface area (Å²) in [6, 6.07) is 32.1. The Bertz CT molecular complexity index is 1110. The first kappa shape index (κ1) is 21.6. The molecule has 30 heavy (non-hydrogen) atoms. The maximum absolute atomic E-state index is 11.7. The van der Waals surface area contributed by atoms with Gasteiger partial charge in [-0.15, -0.1) is 12.4 Å². The second-order valence-electron chi connectivity index (χ2n) is 7.19. The lowest BCUT2D eigenvalue weighted by atomic mass is 9.96. The van der Waals surface area contributed by atoms with Gasteiger partial charge in [0.15, 0.2) is 0 Å². The third-order valence-electron chi connectivity index (χ3n) is 5.19. The molecule has 3 nitrogen and oxygen atoms in total. The monoisotopic (exact) mass is 417 g/mol. The summed E-state index contributed by atoms with van der Waals surface area (Å²) in [5, 5.41) is 15.2. The van der Waals surface area contributed by atoms with E-state index < -0.39 is 12.0 Å². The van der Waals surface area contributed by atoms with Crippen LogP contribution in [0, 0.1) is 0 Å². The third-order valence-corrected chi connectivity index (χ3v) is 5.19.